The monoisotopic (exact) mass is 280 g/mol. The van der Waals surface area contributed by atoms with E-state index >= 15 is 0 Å². The zero-order valence-electron chi connectivity index (χ0n) is 14.5. The second kappa shape index (κ2) is 6.36. The second-order valence-corrected chi connectivity index (χ2v) is 9.13. The Morgan fingerprint density at radius 2 is 1.60 bits per heavy atom. The molecule has 2 fully saturated rings. The van der Waals surface area contributed by atoms with E-state index in [1.165, 1.54) is 58.3 Å². The van der Waals surface area contributed by atoms with E-state index in [4.69, 9.17) is 0 Å². The number of rotatable bonds is 5. The Balaban J connectivity index is 1.74. The van der Waals surface area contributed by atoms with Gasteiger partial charge in [0.25, 0.3) is 0 Å². The van der Waals surface area contributed by atoms with Gasteiger partial charge in [-0.05, 0) is 68.5 Å². The first kappa shape index (κ1) is 16.3. The Morgan fingerprint density at radius 1 is 1.05 bits per heavy atom. The largest absolute Gasteiger partial charge is 0.314 e. The summed E-state index contributed by atoms with van der Waals surface area (Å²) >= 11 is 0. The van der Waals surface area contributed by atoms with Crippen molar-refractivity contribution in [3.63, 3.8) is 0 Å². The maximum Gasteiger partial charge on any atom is 0.00773 e. The molecular weight excluding hydrogens is 244 g/mol. The van der Waals surface area contributed by atoms with Gasteiger partial charge in [-0.2, -0.15) is 0 Å². The predicted octanol–water partition coefficient (Wildman–Crippen LogP) is 3.91. The van der Waals surface area contributed by atoms with E-state index < -0.39 is 0 Å². The molecule has 2 aliphatic rings. The third-order valence-corrected chi connectivity index (χ3v) is 5.08. The summed E-state index contributed by atoms with van der Waals surface area (Å²) < 4.78 is 0. The van der Waals surface area contributed by atoms with Crippen molar-refractivity contribution >= 4 is 0 Å². The Hall–Kier alpha value is -0.0800. The molecular formula is C18H36N2. The van der Waals surface area contributed by atoms with E-state index in [-0.39, 0.29) is 0 Å². The molecule has 1 atom stereocenters. The van der Waals surface area contributed by atoms with Crippen LogP contribution in [0.2, 0.25) is 0 Å². The Labute approximate surface area is 126 Å². The summed E-state index contributed by atoms with van der Waals surface area (Å²) in [5.41, 5.74) is 0.995. The molecule has 1 heterocycles. The summed E-state index contributed by atoms with van der Waals surface area (Å²) in [5, 5.41) is 3.88. The third-order valence-electron chi connectivity index (χ3n) is 5.08. The summed E-state index contributed by atoms with van der Waals surface area (Å²) in [7, 11) is 0. The molecule has 2 rings (SSSR count). The molecule has 1 N–H and O–H groups in total. The van der Waals surface area contributed by atoms with Gasteiger partial charge in [0.05, 0.1) is 0 Å². The maximum atomic E-state index is 3.88. The van der Waals surface area contributed by atoms with Gasteiger partial charge in [-0.15, -0.1) is 0 Å². The van der Waals surface area contributed by atoms with Crippen LogP contribution in [0.4, 0.5) is 0 Å². The van der Waals surface area contributed by atoms with Gasteiger partial charge in [0.1, 0.15) is 0 Å². The van der Waals surface area contributed by atoms with Gasteiger partial charge in [0.2, 0.25) is 0 Å². The topological polar surface area (TPSA) is 15.3 Å². The number of nitrogens with one attached hydrogen (secondary N) is 1. The highest BCUT2D eigenvalue weighted by atomic mass is 15.1. The van der Waals surface area contributed by atoms with Crippen molar-refractivity contribution < 1.29 is 0 Å². The minimum atomic E-state index is 0.498. The van der Waals surface area contributed by atoms with Crippen molar-refractivity contribution in [2.24, 2.45) is 16.7 Å². The average molecular weight is 280 g/mol. The van der Waals surface area contributed by atoms with Gasteiger partial charge in [-0.3, -0.25) is 0 Å². The van der Waals surface area contributed by atoms with Crippen LogP contribution < -0.4 is 5.32 Å². The molecule has 0 spiro atoms. The lowest BCUT2D eigenvalue weighted by atomic mass is 9.63. The first-order valence-corrected chi connectivity index (χ1v) is 8.72. The fourth-order valence-corrected chi connectivity index (χ4v) is 4.83. The minimum absolute atomic E-state index is 0.498. The van der Waals surface area contributed by atoms with Gasteiger partial charge in [-0.25, -0.2) is 0 Å². The summed E-state index contributed by atoms with van der Waals surface area (Å²) in [6.45, 7) is 17.3. The van der Waals surface area contributed by atoms with Crippen molar-refractivity contribution in [3.8, 4) is 0 Å². The molecule has 2 heteroatoms. The van der Waals surface area contributed by atoms with E-state index in [0.717, 1.165) is 12.0 Å². The molecule has 118 valence electrons. The zero-order valence-corrected chi connectivity index (χ0v) is 14.5. The zero-order chi connectivity index (χ0) is 14.8. The van der Waals surface area contributed by atoms with Crippen molar-refractivity contribution in [2.45, 2.75) is 72.8 Å². The average Bonchev–Trinajstić information content (AvgIpc) is 2.75. The van der Waals surface area contributed by atoms with E-state index in [9.17, 15) is 0 Å². The molecule has 1 saturated carbocycles. The van der Waals surface area contributed by atoms with Gasteiger partial charge in [0, 0.05) is 12.6 Å². The first-order valence-electron chi connectivity index (χ1n) is 8.72. The van der Waals surface area contributed by atoms with E-state index in [1.807, 2.05) is 0 Å². The highest BCUT2D eigenvalue weighted by molar-refractivity contribution is 4.92. The molecule has 0 amide bonds. The predicted molar refractivity (Wildman–Crippen MR) is 88.0 cm³/mol. The van der Waals surface area contributed by atoms with Crippen LogP contribution in [0.25, 0.3) is 0 Å². The van der Waals surface area contributed by atoms with Gasteiger partial charge >= 0.3 is 0 Å². The summed E-state index contributed by atoms with van der Waals surface area (Å²) in [6, 6.07) is 0.717. The van der Waals surface area contributed by atoms with Gasteiger partial charge < -0.3 is 10.2 Å². The SMILES string of the molecule is CC(CNC1CC(C)(C)CC(C)(C)C1)CN1CCCC1. The van der Waals surface area contributed by atoms with Gasteiger partial charge in [-0.1, -0.05) is 34.6 Å². The lowest BCUT2D eigenvalue weighted by Gasteiger charge is -2.45. The lowest BCUT2D eigenvalue weighted by molar-refractivity contribution is 0.0829. The van der Waals surface area contributed by atoms with E-state index in [0.29, 0.717) is 10.8 Å². The number of likely N-dealkylation sites (tertiary alicyclic amines) is 1. The highest BCUT2D eigenvalue weighted by Gasteiger charge is 2.38. The fraction of sp³-hybridized carbons (Fsp3) is 1.00. The molecule has 0 aromatic heterocycles. The number of hydrogen-bond acceptors (Lipinski definition) is 2. The van der Waals surface area contributed by atoms with E-state index in [1.54, 1.807) is 0 Å². The molecule has 1 unspecified atom stereocenters. The third kappa shape index (κ3) is 5.04. The van der Waals surface area contributed by atoms with Crippen LogP contribution in [0.5, 0.6) is 0 Å². The molecule has 0 aromatic carbocycles. The number of hydrogen-bond donors (Lipinski definition) is 1. The van der Waals surface area contributed by atoms with Crippen molar-refractivity contribution in [3.05, 3.63) is 0 Å². The van der Waals surface area contributed by atoms with Gasteiger partial charge in [0.15, 0.2) is 0 Å². The normalized spacial score (nSPS) is 28.6. The van der Waals surface area contributed by atoms with Crippen LogP contribution in [0.3, 0.4) is 0 Å². The molecule has 0 bridgehead atoms. The van der Waals surface area contributed by atoms with Crippen molar-refractivity contribution in [2.75, 3.05) is 26.2 Å². The molecule has 1 aliphatic heterocycles. The molecule has 0 aromatic rings. The van der Waals surface area contributed by atoms with Crippen LogP contribution in [0.15, 0.2) is 0 Å². The summed E-state index contributed by atoms with van der Waals surface area (Å²) in [6.07, 6.45) is 6.86. The quantitative estimate of drug-likeness (QED) is 0.821. The summed E-state index contributed by atoms with van der Waals surface area (Å²) in [4.78, 5) is 2.64. The summed E-state index contributed by atoms with van der Waals surface area (Å²) in [5.74, 6) is 0.779. The number of nitrogens with zero attached hydrogens (tertiary/aromatic N) is 1. The maximum absolute atomic E-state index is 3.88. The molecule has 20 heavy (non-hydrogen) atoms. The molecule has 1 aliphatic carbocycles. The van der Waals surface area contributed by atoms with Crippen LogP contribution >= 0.6 is 0 Å². The van der Waals surface area contributed by atoms with E-state index in [2.05, 4.69) is 44.8 Å². The Kier molecular flexibility index (Phi) is 5.18. The minimum Gasteiger partial charge on any atom is -0.314 e. The molecule has 2 nitrogen and oxygen atoms in total. The van der Waals surface area contributed by atoms with Crippen LogP contribution in [-0.4, -0.2) is 37.1 Å². The molecule has 0 radical (unpaired) electrons. The second-order valence-electron chi connectivity index (χ2n) is 9.13. The van der Waals surface area contributed by atoms with Crippen LogP contribution in [-0.2, 0) is 0 Å². The standard InChI is InChI=1S/C18H36N2/c1-15(13-20-8-6-7-9-20)12-19-16-10-17(2,3)14-18(4,5)11-16/h15-16,19H,6-14H2,1-5H3. The van der Waals surface area contributed by atoms with Crippen molar-refractivity contribution in [1.29, 1.82) is 0 Å². The highest BCUT2D eigenvalue weighted by Crippen LogP contribution is 2.45. The molecule has 1 saturated heterocycles. The van der Waals surface area contributed by atoms with Crippen LogP contribution in [0.1, 0.15) is 66.7 Å². The lowest BCUT2D eigenvalue weighted by Crippen LogP contribution is -2.45. The Morgan fingerprint density at radius 3 is 2.15 bits per heavy atom. The van der Waals surface area contributed by atoms with Crippen molar-refractivity contribution in [1.82, 2.24) is 10.2 Å². The first-order chi connectivity index (χ1) is 9.26. The fourth-order valence-electron chi connectivity index (χ4n) is 4.83. The van der Waals surface area contributed by atoms with Crippen LogP contribution in [0, 0.1) is 16.7 Å². The Bertz CT molecular complexity index is 287. The smallest absolute Gasteiger partial charge is 0.00773 e.